The van der Waals surface area contributed by atoms with E-state index in [1.165, 1.54) is 18.7 Å². The molecule has 1 atom stereocenters. The Bertz CT molecular complexity index is 503. The normalized spacial score (nSPS) is 19.7. The number of rotatable bonds is 2. The van der Waals surface area contributed by atoms with Crippen LogP contribution in [0.4, 0.5) is 4.39 Å². The second-order valence-corrected chi connectivity index (χ2v) is 4.95. The summed E-state index contributed by atoms with van der Waals surface area (Å²) in [5.74, 6) is -0.317. The first-order valence-electron chi connectivity index (χ1n) is 5.64. The van der Waals surface area contributed by atoms with Crippen LogP contribution in [0.25, 0.3) is 10.7 Å². The summed E-state index contributed by atoms with van der Waals surface area (Å²) in [7, 11) is 0. The van der Waals surface area contributed by atoms with Crippen molar-refractivity contribution in [3.63, 3.8) is 0 Å². The fourth-order valence-corrected chi connectivity index (χ4v) is 2.85. The van der Waals surface area contributed by atoms with Crippen molar-refractivity contribution >= 4 is 11.3 Å². The molecule has 1 fully saturated rings. The largest absolute Gasteiger partial charge is 0.309 e. The third kappa shape index (κ3) is 2.21. The van der Waals surface area contributed by atoms with E-state index in [1.807, 2.05) is 0 Å². The molecule has 17 heavy (non-hydrogen) atoms. The number of nitrogens with zero attached hydrogens (tertiary/aromatic N) is 2. The fraction of sp³-hybridized carbons (Fsp3) is 0.333. The smallest absolute Gasteiger partial charge is 0.142 e. The van der Waals surface area contributed by atoms with Crippen molar-refractivity contribution in [2.24, 2.45) is 0 Å². The van der Waals surface area contributed by atoms with E-state index < -0.39 is 0 Å². The monoisotopic (exact) mass is 249 g/mol. The lowest BCUT2D eigenvalue weighted by Gasteiger charge is -2.04. The average Bonchev–Trinajstić information content (AvgIpc) is 3.00. The Morgan fingerprint density at radius 1 is 1.41 bits per heavy atom. The van der Waals surface area contributed by atoms with Gasteiger partial charge in [-0.05, 0) is 31.5 Å². The first kappa shape index (κ1) is 10.8. The summed E-state index contributed by atoms with van der Waals surface area (Å²) in [5.41, 5.74) is 1.81. The van der Waals surface area contributed by atoms with Crippen LogP contribution in [0.1, 0.15) is 24.6 Å². The van der Waals surface area contributed by atoms with E-state index in [0.717, 1.165) is 29.4 Å². The molecule has 1 saturated heterocycles. The fourth-order valence-electron chi connectivity index (χ4n) is 2.00. The van der Waals surface area contributed by atoms with Crippen LogP contribution in [-0.2, 0) is 0 Å². The molecule has 0 unspecified atom stereocenters. The highest BCUT2D eigenvalue weighted by Gasteiger charge is 2.19. The summed E-state index contributed by atoms with van der Waals surface area (Å²) in [6, 6.07) is 3.46. The summed E-state index contributed by atoms with van der Waals surface area (Å²) in [5, 5.41) is 6.32. The van der Waals surface area contributed by atoms with Gasteiger partial charge in [-0.1, -0.05) is 0 Å². The maximum absolute atomic E-state index is 12.8. The van der Waals surface area contributed by atoms with Crippen molar-refractivity contribution in [2.75, 3.05) is 6.54 Å². The molecule has 0 amide bonds. The van der Waals surface area contributed by atoms with Crippen LogP contribution in [0.5, 0.6) is 0 Å². The van der Waals surface area contributed by atoms with Crippen LogP contribution in [0, 0.1) is 5.82 Å². The molecule has 0 bridgehead atoms. The van der Waals surface area contributed by atoms with Crippen molar-refractivity contribution in [3.05, 3.63) is 35.2 Å². The van der Waals surface area contributed by atoms with Gasteiger partial charge in [-0.3, -0.25) is 4.98 Å². The SMILES string of the molecule is Fc1ccc(-c2nc([C@@H]3CCCN3)cs2)nc1. The summed E-state index contributed by atoms with van der Waals surface area (Å²) >= 11 is 1.56. The Labute approximate surface area is 103 Å². The van der Waals surface area contributed by atoms with Gasteiger partial charge in [0.1, 0.15) is 10.8 Å². The zero-order chi connectivity index (χ0) is 11.7. The van der Waals surface area contributed by atoms with Gasteiger partial charge in [-0.2, -0.15) is 0 Å². The Balaban J connectivity index is 1.86. The minimum absolute atomic E-state index is 0.317. The number of pyridine rings is 1. The third-order valence-corrected chi connectivity index (χ3v) is 3.77. The number of nitrogens with one attached hydrogen (secondary N) is 1. The van der Waals surface area contributed by atoms with Gasteiger partial charge >= 0.3 is 0 Å². The number of aromatic nitrogens is 2. The third-order valence-electron chi connectivity index (χ3n) is 2.89. The Morgan fingerprint density at radius 2 is 2.35 bits per heavy atom. The zero-order valence-corrected chi connectivity index (χ0v) is 10.0. The predicted molar refractivity (Wildman–Crippen MR) is 65.3 cm³/mol. The molecule has 1 aliphatic rings. The maximum atomic E-state index is 12.8. The number of thiazole rings is 1. The van der Waals surface area contributed by atoms with Crippen LogP contribution < -0.4 is 5.32 Å². The van der Waals surface area contributed by atoms with Crippen molar-refractivity contribution < 1.29 is 4.39 Å². The number of halogens is 1. The average molecular weight is 249 g/mol. The predicted octanol–water partition coefficient (Wildman–Crippen LogP) is 2.77. The van der Waals surface area contributed by atoms with E-state index in [-0.39, 0.29) is 5.82 Å². The van der Waals surface area contributed by atoms with Crippen LogP contribution in [-0.4, -0.2) is 16.5 Å². The van der Waals surface area contributed by atoms with Gasteiger partial charge < -0.3 is 5.32 Å². The molecular weight excluding hydrogens is 237 g/mol. The second-order valence-electron chi connectivity index (χ2n) is 4.09. The van der Waals surface area contributed by atoms with Gasteiger partial charge in [-0.25, -0.2) is 9.37 Å². The van der Waals surface area contributed by atoms with Crippen molar-refractivity contribution in [1.82, 2.24) is 15.3 Å². The molecule has 1 N–H and O–H groups in total. The summed E-state index contributed by atoms with van der Waals surface area (Å²) in [6.45, 7) is 1.06. The Kier molecular flexibility index (Phi) is 2.86. The van der Waals surface area contributed by atoms with Gasteiger partial charge in [0.2, 0.25) is 0 Å². The highest BCUT2D eigenvalue weighted by atomic mass is 32.1. The standard InChI is InChI=1S/C12H12FN3S/c13-8-3-4-10(15-6-8)12-16-11(7-17-12)9-2-1-5-14-9/h3-4,6-7,9,14H,1-2,5H2/t9-/m0/s1. The first-order valence-corrected chi connectivity index (χ1v) is 6.51. The lowest BCUT2D eigenvalue weighted by atomic mass is 10.2. The van der Waals surface area contributed by atoms with Gasteiger partial charge in [0.25, 0.3) is 0 Å². The highest BCUT2D eigenvalue weighted by Crippen LogP contribution is 2.28. The number of hydrogen-bond acceptors (Lipinski definition) is 4. The quantitative estimate of drug-likeness (QED) is 0.889. The molecule has 0 saturated carbocycles. The van der Waals surface area contributed by atoms with Gasteiger partial charge in [0, 0.05) is 5.38 Å². The molecule has 0 aromatic carbocycles. The van der Waals surface area contributed by atoms with Gasteiger partial charge in [0.15, 0.2) is 0 Å². The Morgan fingerprint density at radius 3 is 3.06 bits per heavy atom. The van der Waals surface area contributed by atoms with Crippen LogP contribution in [0.15, 0.2) is 23.7 Å². The van der Waals surface area contributed by atoms with Crippen molar-refractivity contribution in [1.29, 1.82) is 0 Å². The molecule has 2 aromatic rings. The maximum Gasteiger partial charge on any atom is 0.142 e. The van der Waals surface area contributed by atoms with Crippen LogP contribution in [0.3, 0.4) is 0 Å². The van der Waals surface area contributed by atoms with E-state index in [2.05, 4.69) is 20.7 Å². The van der Waals surface area contributed by atoms with Crippen LogP contribution >= 0.6 is 11.3 Å². The molecular formula is C12H12FN3S. The summed E-state index contributed by atoms with van der Waals surface area (Å²) < 4.78 is 12.8. The summed E-state index contributed by atoms with van der Waals surface area (Å²) in [4.78, 5) is 8.60. The van der Waals surface area contributed by atoms with Gasteiger partial charge in [-0.15, -0.1) is 11.3 Å². The molecule has 5 heteroatoms. The zero-order valence-electron chi connectivity index (χ0n) is 9.19. The molecule has 2 aromatic heterocycles. The van der Waals surface area contributed by atoms with Crippen molar-refractivity contribution in [2.45, 2.75) is 18.9 Å². The van der Waals surface area contributed by atoms with E-state index in [1.54, 1.807) is 17.4 Å². The lowest BCUT2D eigenvalue weighted by Crippen LogP contribution is -2.12. The molecule has 88 valence electrons. The topological polar surface area (TPSA) is 37.8 Å². The van der Waals surface area contributed by atoms with Gasteiger partial charge in [0.05, 0.1) is 23.6 Å². The summed E-state index contributed by atoms with van der Waals surface area (Å²) in [6.07, 6.45) is 3.57. The molecule has 0 radical (unpaired) electrons. The van der Waals surface area contributed by atoms with E-state index in [9.17, 15) is 4.39 Å². The van der Waals surface area contributed by atoms with E-state index in [0.29, 0.717) is 6.04 Å². The lowest BCUT2D eigenvalue weighted by molar-refractivity contribution is 0.621. The van der Waals surface area contributed by atoms with Crippen molar-refractivity contribution in [3.8, 4) is 10.7 Å². The van der Waals surface area contributed by atoms with E-state index >= 15 is 0 Å². The first-order chi connectivity index (χ1) is 8.33. The molecule has 0 aliphatic carbocycles. The minimum Gasteiger partial charge on any atom is -0.309 e. The van der Waals surface area contributed by atoms with E-state index in [4.69, 9.17) is 0 Å². The van der Waals surface area contributed by atoms with Crippen LogP contribution in [0.2, 0.25) is 0 Å². The molecule has 0 spiro atoms. The minimum atomic E-state index is -0.317. The molecule has 3 heterocycles. The molecule has 3 rings (SSSR count). The highest BCUT2D eigenvalue weighted by molar-refractivity contribution is 7.13. The number of hydrogen-bond donors (Lipinski definition) is 1. The molecule has 3 nitrogen and oxygen atoms in total. The second kappa shape index (κ2) is 4.50. The molecule has 1 aliphatic heterocycles. The Hall–Kier alpha value is -1.33.